The van der Waals surface area contributed by atoms with Crippen molar-refractivity contribution in [2.24, 2.45) is 5.92 Å². The Morgan fingerprint density at radius 2 is 1.95 bits per heavy atom. The van der Waals surface area contributed by atoms with Crippen LogP contribution in [0, 0.1) is 12.8 Å². The molecule has 0 spiro atoms. The molecule has 1 aliphatic heterocycles. The van der Waals surface area contributed by atoms with E-state index in [-0.39, 0.29) is 47.7 Å². The lowest BCUT2D eigenvalue weighted by molar-refractivity contribution is -0.137. The van der Waals surface area contributed by atoms with Gasteiger partial charge >= 0.3 is 12.1 Å². The summed E-state index contributed by atoms with van der Waals surface area (Å²) >= 11 is 0. The Balaban J connectivity index is 1.32. The van der Waals surface area contributed by atoms with E-state index in [1.54, 1.807) is 4.68 Å². The van der Waals surface area contributed by atoms with Gasteiger partial charge in [-0.05, 0) is 67.1 Å². The fourth-order valence-electron chi connectivity index (χ4n) is 5.92. The van der Waals surface area contributed by atoms with Gasteiger partial charge in [0.05, 0.1) is 40.8 Å². The number of hydrogen-bond acceptors (Lipinski definition) is 8. The maximum Gasteiger partial charge on any atom is 0.416 e. The van der Waals surface area contributed by atoms with Gasteiger partial charge in [0.15, 0.2) is 0 Å². The number of aryl methyl sites for hydroxylation is 1. The molecule has 1 fully saturated rings. The highest BCUT2D eigenvalue weighted by atomic mass is 32.3. The summed E-state index contributed by atoms with van der Waals surface area (Å²) in [7, 11) is -2.27. The van der Waals surface area contributed by atoms with Crippen molar-refractivity contribution in [1.29, 1.82) is 0 Å². The highest BCUT2D eigenvalue weighted by molar-refractivity contribution is 8.22. The minimum atomic E-state index is -4.53. The van der Waals surface area contributed by atoms with Gasteiger partial charge in [0.2, 0.25) is 0 Å². The number of ether oxygens (including phenoxy) is 1. The van der Waals surface area contributed by atoms with Gasteiger partial charge in [0.25, 0.3) is 0 Å². The van der Waals surface area contributed by atoms with Crippen molar-refractivity contribution in [3.8, 4) is 5.69 Å². The van der Waals surface area contributed by atoms with Crippen LogP contribution in [0.5, 0.6) is 0 Å². The number of esters is 1. The molecule has 13 heteroatoms. The van der Waals surface area contributed by atoms with Crippen molar-refractivity contribution in [2.45, 2.75) is 56.1 Å². The smallest absolute Gasteiger partial charge is 0.416 e. The first-order valence-electron chi connectivity index (χ1n) is 13.8. The number of halogens is 3. The summed E-state index contributed by atoms with van der Waals surface area (Å²) in [5.74, 6) is 0.0856. The van der Waals surface area contributed by atoms with Crippen molar-refractivity contribution in [1.82, 2.24) is 19.2 Å². The summed E-state index contributed by atoms with van der Waals surface area (Å²) < 4.78 is 76.6. The molecule has 0 bridgehead atoms. The Bertz CT molecular complexity index is 1680. The van der Waals surface area contributed by atoms with E-state index in [1.807, 2.05) is 44.2 Å². The molecule has 1 aliphatic carbocycles. The van der Waals surface area contributed by atoms with Crippen molar-refractivity contribution in [3.63, 3.8) is 0 Å². The zero-order valence-electron chi connectivity index (χ0n) is 23.7. The second-order valence-electron chi connectivity index (χ2n) is 11.3. The zero-order chi connectivity index (χ0) is 30.7. The molecule has 43 heavy (non-hydrogen) atoms. The first kappa shape index (κ1) is 29.4. The predicted molar refractivity (Wildman–Crippen MR) is 152 cm³/mol. The number of aromatic nitrogens is 3. The van der Waals surface area contributed by atoms with Crippen LogP contribution in [0.3, 0.4) is 0 Å². The van der Waals surface area contributed by atoms with E-state index in [2.05, 4.69) is 10.3 Å². The average molecular weight is 617 g/mol. The molecule has 2 aromatic heterocycles. The van der Waals surface area contributed by atoms with Crippen LogP contribution in [0.4, 0.5) is 13.2 Å². The lowest BCUT2D eigenvalue weighted by Crippen LogP contribution is -2.30. The van der Waals surface area contributed by atoms with Crippen molar-refractivity contribution >= 4 is 16.7 Å². The van der Waals surface area contributed by atoms with Crippen LogP contribution in [-0.2, 0) is 23.9 Å². The Morgan fingerprint density at radius 3 is 2.65 bits per heavy atom. The van der Waals surface area contributed by atoms with Crippen LogP contribution in [0.15, 0.2) is 64.1 Å². The van der Waals surface area contributed by atoms with Crippen LogP contribution in [0.25, 0.3) is 5.69 Å². The maximum atomic E-state index is 13.4. The van der Waals surface area contributed by atoms with Crippen molar-refractivity contribution < 1.29 is 36.3 Å². The monoisotopic (exact) mass is 616 g/mol. The molecule has 2 N–H and O–H groups in total. The topological polar surface area (TPSA) is 114 Å². The van der Waals surface area contributed by atoms with Gasteiger partial charge in [-0.1, -0.05) is 24.2 Å². The highest BCUT2D eigenvalue weighted by Gasteiger charge is 2.47. The fraction of sp³-hybridized carbons (Fsp3) is 0.367. The van der Waals surface area contributed by atoms with Gasteiger partial charge in [0, 0.05) is 31.0 Å². The molecule has 0 radical (unpaired) electrons. The number of carbonyl (C=O) groups is 1. The number of carbonyl (C=O) groups excluding carboxylic acids is 1. The minimum absolute atomic E-state index is 0.0350. The van der Waals surface area contributed by atoms with Crippen LogP contribution in [0.1, 0.15) is 69.4 Å². The van der Waals surface area contributed by atoms with Gasteiger partial charge in [-0.15, -0.1) is 10.8 Å². The lowest BCUT2D eigenvalue weighted by atomic mass is 9.99. The predicted octanol–water partition coefficient (Wildman–Crippen LogP) is 6.96. The third-order valence-electron chi connectivity index (χ3n) is 8.01. The fourth-order valence-corrected chi connectivity index (χ4v) is 7.73. The van der Waals surface area contributed by atoms with Crippen LogP contribution in [0.2, 0.25) is 0 Å². The molecule has 6 rings (SSSR count). The molecule has 4 aromatic rings. The SMILES string of the molecule is COC(=O)c1cnn(-c2cccc(CN3C[C@@H](C)Cc4cc(C(F)(F)F)ccc4S3(O)O)c2)c1C1CC1c1cc(C)no1. The summed E-state index contributed by atoms with van der Waals surface area (Å²) in [5.41, 5.74) is 2.68. The molecule has 9 nitrogen and oxygen atoms in total. The molecular weight excluding hydrogens is 585 g/mol. The van der Waals surface area contributed by atoms with Gasteiger partial charge in [-0.25, -0.2) is 9.48 Å². The standard InChI is InChI=1S/C30H31F3N4O5S/c1-17-9-20-12-21(30(31,32)33)7-8-27(20)43(39,40)36(15-17)16-19-5-4-6-22(11-19)37-28(25(14-34-37)29(38)41-3)24-13-23(24)26-10-18(2)35-42-26/h4-8,10-12,14,17,23-24,39-40H,9,13,15-16H2,1-3H3/t17-,23?,24?/m0/s1. The van der Waals surface area contributed by atoms with Gasteiger partial charge in [-0.3, -0.25) is 9.11 Å². The number of hydrogen-bond donors (Lipinski definition) is 2. The Kier molecular flexibility index (Phi) is 7.40. The molecule has 0 amide bonds. The third-order valence-corrected chi connectivity index (χ3v) is 9.99. The number of benzene rings is 2. The molecule has 3 heterocycles. The Labute approximate surface area is 247 Å². The van der Waals surface area contributed by atoms with Crippen molar-refractivity contribution in [3.05, 3.63) is 94.1 Å². The molecule has 228 valence electrons. The van der Waals surface area contributed by atoms with Crippen LogP contribution >= 0.6 is 10.8 Å². The highest BCUT2D eigenvalue weighted by Crippen LogP contribution is 2.57. The van der Waals surface area contributed by atoms with Gasteiger partial charge in [0.1, 0.15) is 11.3 Å². The lowest BCUT2D eigenvalue weighted by Gasteiger charge is -2.43. The van der Waals surface area contributed by atoms with Crippen LogP contribution < -0.4 is 0 Å². The van der Waals surface area contributed by atoms with E-state index in [4.69, 9.17) is 9.26 Å². The molecule has 2 unspecified atom stereocenters. The molecule has 2 aromatic carbocycles. The van der Waals surface area contributed by atoms with Crippen LogP contribution in [-0.4, -0.2) is 48.0 Å². The van der Waals surface area contributed by atoms with E-state index in [0.717, 1.165) is 35.6 Å². The molecular formula is C30H31F3N4O5S. The Morgan fingerprint density at radius 1 is 1.16 bits per heavy atom. The largest absolute Gasteiger partial charge is 0.465 e. The van der Waals surface area contributed by atoms with Gasteiger partial charge < -0.3 is 9.26 Å². The van der Waals surface area contributed by atoms with E-state index in [9.17, 15) is 27.1 Å². The maximum absolute atomic E-state index is 13.4. The average Bonchev–Trinajstić information content (AvgIpc) is 3.43. The number of fused-ring (bicyclic) bond motifs is 1. The second kappa shape index (κ2) is 10.8. The molecule has 2 aliphatic rings. The first-order chi connectivity index (χ1) is 20.4. The summed E-state index contributed by atoms with van der Waals surface area (Å²) in [6, 6.07) is 12.3. The zero-order valence-corrected chi connectivity index (χ0v) is 24.5. The van der Waals surface area contributed by atoms with Gasteiger partial charge in [-0.2, -0.15) is 22.6 Å². The number of rotatable bonds is 6. The number of nitrogens with zero attached hydrogens (tertiary/aromatic N) is 4. The normalized spacial score (nSPS) is 22.5. The number of methoxy groups -OCH3 is 1. The second-order valence-corrected chi connectivity index (χ2v) is 13.3. The van der Waals surface area contributed by atoms with E-state index in [0.29, 0.717) is 16.9 Å². The Hall–Kier alpha value is -3.65. The number of alkyl halides is 3. The summed E-state index contributed by atoms with van der Waals surface area (Å²) in [6.07, 6.45) is -2.02. The molecule has 3 atom stereocenters. The molecule has 0 saturated heterocycles. The van der Waals surface area contributed by atoms with E-state index in [1.165, 1.54) is 23.7 Å². The van der Waals surface area contributed by atoms with Crippen molar-refractivity contribution in [2.75, 3.05) is 13.7 Å². The summed E-state index contributed by atoms with van der Waals surface area (Å²) in [4.78, 5) is 12.8. The quantitative estimate of drug-likeness (QED) is 0.224. The molecule has 1 saturated carbocycles. The first-order valence-corrected chi connectivity index (χ1v) is 15.3. The summed E-state index contributed by atoms with van der Waals surface area (Å²) in [6.45, 7) is 4.12. The van der Waals surface area contributed by atoms with E-state index >= 15 is 0 Å². The third kappa shape index (κ3) is 5.57. The van der Waals surface area contributed by atoms with E-state index < -0.39 is 28.5 Å². The summed E-state index contributed by atoms with van der Waals surface area (Å²) in [5, 5.41) is 8.51. The minimum Gasteiger partial charge on any atom is -0.465 e.